The van der Waals surface area contributed by atoms with Crippen LogP contribution in [0.25, 0.3) is 0 Å². The average Bonchev–Trinajstić information content (AvgIpc) is 3.26. The first-order chi connectivity index (χ1) is 15.1. The number of carbonyl (C=O) groups is 2. The zero-order valence-corrected chi connectivity index (χ0v) is 17.0. The zero-order valence-electron chi connectivity index (χ0n) is 17.0. The highest BCUT2D eigenvalue weighted by atomic mass is 19.1. The molecule has 2 aromatic rings. The molecule has 1 N–H and O–H groups in total. The Hall–Kier alpha value is -3.33. The second-order valence-corrected chi connectivity index (χ2v) is 7.28. The average molecular weight is 429 g/mol. The van der Waals surface area contributed by atoms with Crippen molar-refractivity contribution in [2.45, 2.75) is 6.54 Å². The van der Waals surface area contributed by atoms with Gasteiger partial charge in [0.2, 0.25) is 18.6 Å². The van der Waals surface area contributed by atoms with Crippen LogP contribution in [0.3, 0.4) is 0 Å². The lowest BCUT2D eigenvalue weighted by atomic mass is 10.2. The third kappa shape index (κ3) is 5.24. The molecule has 31 heavy (non-hydrogen) atoms. The molecule has 2 aromatic carbocycles. The van der Waals surface area contributed by atoms with Gasteiger partial charge >= 0.3 is 0 Å². The quantitative estimate of drug-likeness (QED) is 0.719. The second-order valence-electron chi connectivity index (χ2n) is 7.28. The van der Waals surface area contributed by atoms with E-state index in [0.29, 0.717) is 49.9 Å². The number of nitrogens with one attached hydrogen (secondary N) is 1. The van der Waals surface area contributed by atoms with Crippen LogP contribution in [0, 0.1) is 5.82 Å². The molecule has 0 radical (unpaired) electrons. The normalized spacial score (nSPS) is 15.1. The van der Waals surface area contributed by atoms with Crippen molar-refractivity contribution in [3.63, 3.8) is 0 Å². The molecule has 9 heteroatoms. The van der Waals surface area contributed by atoms with Gasteiger partial charge in [-0.2, -0.15) is 0 Å². The van der Waals surface area contributed by atoms with Gasteiger partial charge in [-0.1, -0.05) is 18.2 Å². The van der Waals surface area contributed by atoms with Crippen molar-refractivity contribution in [1.29, 1.82) is 0 Å². The van der Waals surface area contributed by atoms with Crippen LogP contribution >= 0.6 is 0 Å². The Balaban J connectivity index is 1.14. The molecule has 2 heterocycles. The molecule has 1 saturated heterocycles. The Kier molecular flexibility index (Phi) is 6.51. The monoisotopic (exact) mass is 429 g/mol. The van der Waals surface area contributed by atoms with Gasteiger partial charge < -0.3 is 29.3 Å². The maximum Gasteiger partial charge on any atom is 0.248 e. The maximum absolute atomic E-state index is 13.9. The summed E-state index contributed by atoms with van der Waals surface area (Å²) in [6.07, 6.45) is 0. The molecule has 4 rings (SSSR count). The van der Waals surface area contributed by atoms with Gasteiger partial charge in [-0.3, -0.25) is 9.59 Å². The van der Waals surface area contributed by atoms with E-state index in [-0.39, 0.29) is 37.6 Å². The summed E-state index contributed by atoms with van der Waals surface area (Å²) in [5.74, 6) is 0.583. The first-order valence-electron chi connectivity index (χ1n) is 10.1. The van der Waals surface area contributed by atoms with Crippen LogP contribution in [0.5, 0.6) is 11.5 Å². The van der Waals surface area contributed by atoms with E-state index in [1.165, 1.54) is 6.07 Å². The molecular weight excluding hydrogens is 405 g/mol. The van der Waals surface area contributed by atoms with Crippen molar-refractivity contribution in [3.8, 4) is 11.5 Å². The summed E-state index contributed by atoms with van der Waals surface area (Å²) in [6.45, 7) is 2.20. The molecule has 0 spiro atoms. The predicted octanol–water partition coefficient (Wildman–Crippen LogP) is 1.54. The summed E-state index contributed by atoms with van der Waals surface area (Å²) in [7, 11) is 0. The molecule has 0 bridgehead atoms. The van der Waals surface area contributed by atoms with Crippen molar-refractivity contribution >= 4 is 17.5 Å². The van der Waals surface area contributed by atoms with E-state index in [4.69, 9.17) is 14.2 Å². The SMILES string of the molecule is O=C(COCC(=O)N1CCN(c2ccccc2F)CC1)NCc1ccc2c(c1)OCO2. The molecule has 0 saturated carbocycles. The van der Waals surface area contributed by atoms with E-state index < -0.39 is 0 Å². The Labute approximate surface area is 179 Å². The number of halogens is 1. The number of nitrogens with zero attached hydrogens (tertiary/aromatic N) is 2. The lowest BCUT2D eigenvalue weighted by molar-refractivity contribution is -0.138. The van der Waals surface area contributed by atoms with Crippen LogP contribution in [0.2, 0.25) is 0 Å². The summed E-state index contributed by atoms with van der Waals surface area (Å²) in [5, 5.41) is 2.75. The van der Waals surface area contributed by atoms with Crippen molar-refractivity contribution in [1.82, 2.24) is 10.2 Å². The minimum Gasteiger partial charge on any atom is -0.454 e. The number of anilines is 1. The van der Waals surface area contributed by atoms with Crippen molar-refractivity contribution in [3.05, 3.63) is 53.8 Å². The van der Waals surface area contributed by atoms with Gasteiger partial charge in [0.15, 0.2) is 11.5 Å². The number of carbonyl (C=O) groups excluding carboxylic acids is 2. The number of hydrogen-bond donors (Lipinski definition) is 1. The molecular formula is C22H24FN3O5. The largest absolute Gasteiger partial charge is 0.454 e. The smallest absolute Gasteiger partial charge is 0.248 e. The molecule has 0 aromatic heterocycles. The fourth-order valence-electron chi connectivity index (χ4n) is 3.53. The summed E-state index contributed by atoms with van der Waals surface area (Å²) < 4.78 is 29.8. The third-order valence-corrected chi connectivity index (χ3v) is 5.21. The van der Waals surface area contributed by atoms with Gasteiger partial charge in [0, 0.05) is 32.7 Å². The Morgan fingerprint density at radius 1 is 1.00 bits per heavy atom. The van der Waals surface area contributed by atoms with E-state index >= 15 is 0 Å². The van der Waals surface area contributed by atoms with Crippen molar-refractivity contribution < 1.29 is 28.2 Å². The van der Waals surface area contributed by atoms with E-state index in [0.717, 1.165) is 5.56 Å². The molecule has 2 aliphatic heterocycles. The molecule has 2 aliphatic rings. The lowest BCUT2D eigenvalue weighted by Crippen LogP contribution is -2.50. The van der Waals surface area contributed by atoms with Crippen molar-refractivity contribution in [2.75, 3.05) is 51.1 Å². The molecule has 2 amide bonds. The first kappa shape index (κ1) is 20.9. The van der Waals surface area contributed by atoms with Gasteiger partial charge in [-0.05, 0) is 29.8 Å². The number of para-hydroxylation sites is 1. The molecule has 164 valence electrons. The molecule has 0 unspecified atom stereocenters. The summed E-state index contributed by atoms with van der Waals surface area (Å²) in [6, 6.07) is 12.1. The standard InChI is InChI=1S/C22H24FN3O5/c23-17-3-1-2-4-18(17)25-7-9-26(10-8-25)22(28)14-29-13-21(27)24-12-16-5-6-19-20(11-16)31-15-30-19/h1-6,11H,7-10,12-15H2,(H,24,27). The number of amides is 2. The molecule has 1 fully saturated rings. The molecule has 8 nitrogen and oxygen atoms in total. The Morgan fingerprint density at radius 2 is 1.77 bits per heavy atom. The molecule has 0 aliphatic carbocycles. The number of hydrogen-bond acceptors (Lipinski definition) is 6. The number of fused-ring (bicyclic) bond motifs is 1. The number of ether oxygens (including phenoxy) is 3. The van der Waals surface area contributed by atoms with Crippen LogP contribution in [0.15, 0.2) is 42.5 Å². The highest BCUT2D eigenvalue weighted by Gasteiger charge is 2.23. The van der Waals surface area contributed by atoms with Crippen LogP contribution in [0.1, 0.15) is 5.56 Å². The van der Waals surface area contributed by atoms with Gasteiger partial charge in [0.25, 0.3) is 0 Å². The zero-order chi connectivity index (χ0) is 21.6. The summed E-state index contributed by atoms with van der Waals surface area (Å²) in [5.41, 5.74) is 1.42. The minimum atomic E-state index is -0.310. The van der Waals surface area contributed by atoms with Crippen LogP contribution in [-0.4, -0.2) is 62.9 Å². The summed E-state index contributed by atoms with van der Waals surface area (Å²) in [4.78, 5) is 27.9. The van der Waals surface area contributed by atoms with E-state index in [2.05, 4.69) is 5.32 Å². The highest BCUT2D eigenvalue weighted by molar-refractivity contribution is 5.80. The first-order valence-corrected chi connectivity index (χ1v) is 10.1. The van der Waals surface area contributed by atoms with E-state index in [1.807, 2.05) is 17.0 Å². The van der Waals surface area contributed by atoms with Crippen LogP contribution < -0.4 is 19.7 Å². The second kappa shape index (κ2) is 9.65. The van der Waals surface area contributed by atoms with Crippen molar-refractivity contribution in [2.24, 2.45) is 0 Å². The lowest BCUT2D eigenvalue weighted by Gasteiger charge is -2.36. The molecule has 0 atom stereocenters. The third-order valence-electron chi connectivity index (χ3n) is 5.21. The topological polar surface area (TPSA) is 80.3 Å². The van der Waals surface area contributed by atoms with Gasteiger partial charge in [0.1, 0.15) is 19.0 Å². The number of rotatable bonds is 7. The highest BCUT2D eigenvalue weighted by Crippen LogP contribution is 2.32. The van der Waals surface area contributed by atoms with E-state index in [9.17, 15) is 14.0 Å². The van der Waals surface area contributed by atoms with Gasteiger partial charge in [-0.25, -0.2) is 4.39 Å². The van der Waals surface area contributed by atoms with E-state index in [1.54, 1.807) is 29.2 Å². The number of piperazine rings is 1. The predicted molar refractivity (Wildman–Crippen MR) is 110 cm³/mol. The Morgan fingerprint density at radius 3 is 2.58 bits per heavy atom. The summed E-state index contributed by atoms with van der Waals surface area (Å²) >= 11 is 0. The fraction of sp³-hybridized carbons (Fsp3) is 0.364. The van der Waals surface area contributed by atoms with Gasteiger partial charge in [0.05, 0.1) is 5.69 Å². The maximum atomic E-state index is 13.9. The van der Waals surface area contributed by atoms with Gasteiger partial charge in [-0.15, -0.1) is 0 Å². The van der Waals surface area contributed by atoms with Crippen LogP contribution in [0.4, 0.5) is 10.1 Å². The Bertz CT molecular complexity index is 946. The fourth-order valence-corrected chi connectivity index (χ4v) is 3.53. The minimum absolute atomic E-state index is 0.170. The van der Waals surface area contributed by atoms with Crippen LogP contribution in [-0.2, 0) is 20.9 Å². The number of benzene rings is 2.